The lowest BCUT2D eigenvalue weighted by molar-refractivity contribution is -0.118. The predicted molar refractivity (Wildman–Crippen MR) is 117 cm³/mol. The SMILES string of the molecule is Cc1cc(NC(=O)C2C=C3NC(NC4C(Cl)CCCC4Cl)NC3CC2)ncc1Cl. The Morgan fingerprint density at radius 2 is 1.97 bits per heavy atom. The minimum Gasteiger partial charge on any atom is -0.360 e. The number of rotatable bonds is 4. The minimum atomic E-state index is -0.205. The molecule has 5 atom stereocenters. The lowest BCUT2D eigenvalue weighted by Gasteiger charge is -2.34. The number of nitrogens with zero attached hydrogens (tertiary/aromatic N) is 1. The third-order valence-electron chi connectivity index (χ3n) is 5.93. The fourth-order valence-electron chi connectivity index (χ4n) is 4.27. The molecule has 1 aromatic rings. The van der Waals surface area contributed by atoms with Gasteiger partial charge in [0, 0.05) is 24.0 Å². The predicted octanol–water partition coefficient (Wildman–Crippen LogP) is 3.48. The zero-order valence-electron chi connectivity index (χ0n) is 16.2. The van der Waals surface area contributed by atoms with Crippen molar-refractivity contribution in [2.45, 2.75) is 68.2 Å². The number of aromatic nitrogens is 1. The van der Waals surface area contributed by atoms with Crippen LogP contribution in [0, 0.1) is 12.8 Å². The van der Waals surface area contributed by atoms with Crippen LogP contribution in [0.5, 0.6) is 0 Å². The highest BCUT2D eigenvalue weighted by Gasteiger charge is 2.38. The molecule has 3 aliphatic rings. The molecule has 2 fully saturated rings. The van der Waals surface area contributed by atoms with Crippen molar-refractivity contribution in [3.05, 3.63) is 34.6 Å². The van der Waals surface area contributed by atoms with E-state index < -0.39 is 0 Å². The molecule has 1 aromatic heterocycles. The van der Waals surface area contributed by atoms with Crippen molar-refractivity contribution in [3.8, 4) is 0 Å². The van der Waals surface area contributed by atoms with Gasteiger partial charge in [-0.05, 0) is 44.2 Å². The molecule has 4 N–H and O–H groups in total. The average molecular weight is 459 g/mol. The summed E-state index contributed by atoms with van der Waals surface area (Å²) >= 11 is 19.0. The molecule has 2 aliphatic carbocycles. The number of halogens is 3. The highest BCUT2D eigenvalue weighted by atomic mass is 35.5. The Bertz CT molecular complexity index is 794. The number of nitrogens with one attached hydrogen (secondary N) is 4. The summed E-state index contributed by atoms with van der Waals surface area (Å²) in [6.45, 7) is 1.89. The van der Waals surface area contributed by atoms with Crippen LogP contribution in [0.1, 0.15) is 37.7 Å². The normalized spacial score (nSPS) is 34.1. The van der Waals surface area contributed by atoms with Crippen molar-refractivity contribution < 1.29 is 4.79 Å². The summed E-state index contributed by atoms with van der Waals surface area (Å²) in [5.41, 5.74) is 1.93. The maximum atomic E-state index is 12.7. The van der Waals surface area contributed by atoms with Gasteiger partial charge in [-0.15, -0.1) is 23.2 Å². The number of pyridine rings is 1. The quantitative estimate of drug-likeness (QED) is 0.520. The summed E-state index contributed by atoms with van der Waals surface area (Å²) in [6, 6.07) is 2.04. The van der Waals surface area contributed by atoms with E-state index in [4.69, 9.17) is 34.8 Å². The number of carbonyl (C=O) groups is 1. The van der Waals surface area contributed by atoms with E-state index in [-0.39, 0.29) is 41.0 Å². The largest absolute Gasteiger partial charge is 0.360 e. The molecule has 158 valence electrons. The number of alkyl halides is 2. The van der Waals surface area contributed by atoms with Crippen LogP contribution in [0.3, 0.4) is 0 Å². The van der Waals surface area contributed by atoms with Crippen LogP contribution in [0.2, 0.25) is 5.02 Å². The van der Waals surface area contributed by atoms with E-state index in [1.807, 2.05) is 13.0 Å². The Kier molecular flexibility index (Phi) is 6.56. The maximum Gasteiger partial charge on any atom is 0.232 e. The molecule has 0 radical (unpaired) electrons. The second kappa shape index (κ2) is 8.98. The van der Waals surface area contributed by atoms with Gasteiger partial charge in [-0.25, -0.2) is 4.98 Å². The van der Waals surface area contributed by atoms with Crippen LogP contribution in [-0.2, 0) is 4.79 Å². The lowest BCUT2D eigenvalue weighted by atomic mass is 9.90. The van der Waals surface area contributed by atoms with Gasteiger partial charge in [0.15, 0.2) is 0 Å². The van der Waals surface area contributed by atoms with Crippen LogP contribution in [0.15, 0.2) is 24.0 Å². The van der Waals surface area contributed by atoms with Gasteiger partial charge < -0.3 is 10.6 Å². The average Bonchev–Trinajstić information content (AvgIpc) is 3.09. The van der Waals surface area contributed by atoms with Gasteiger partial charge >= 0.3 is 0 Å². The summed E-state index contributed by atoms with van der Waals surface area (Å²) in [4.78, 5) is 16.9. The van der Waals surface area contributed by atoms with E-state index in [0.717, 1.165) is 43.4 Å². The topological polar surface area (TPSA) is 78.1 Å². The zero-order chi connectivity index (χ0) is 20.5. The molecule has 1 saturated carbocycles. The zero-order valence-corrected chi connectivity index (χ0v) is 18.5. The van der Waals surface area contributed by atoms with Crippen molar-refractivity contribution in [1.29, 1.82) is 0 Å². The Labute approximate surface area is 186 Å². The molecule has 4 rings (SSSR count). The van der Waals surface area contributed by atoms with E-state index in [9.17, 15) is 4.79 Å². The molecule has 0 bridgehead atoms. The van der Waals surface area contributed by atoms with Crippen molar-refractivity contribution in [1.82, 2.24) is 20.9 Å². The second-order valence-corrected chi connectivity index (χ2v) is 9.59. The highest BCUT2D eigenvalue weighted by Crippen LogP contribution is 2.30. The van der Waals surface area contributed by atoms with E-state index in [1.165, 1.54) is 0 Å². The number of amides is 1. The van der Waals surface area contributed by atoms with Crippen LogP contribution in [0.4, 0.5) is 5.82 Å². The van der Waals surface area contributed by atoms with Gasteiger partial charge in [-0.2, -0.15) is 0 Å². The van der Waals surface area contributed by atoms with Crippen molar-refractivity contribution in [3.63, 3.8) is 0 Å². The van der Waals surface area contributed by atoms with Crippen LogP contribution >= 0.6 is 34.8 Å². The molecular weight excluding hydrogens is 433 g/mol. The third kappa shape index (κ3) is 4.83. The summed E-state index contributed by atoms with van der Waals surface area (Å²) in [6.07, 6.45) is 8.13. The first-order valence-corrected chi connectivity index (χ1v) is 11.4. The smallest absolute Gasteiger partial charge is 0.232 e. The Balaban J connectivity index is 1.37. The fraction of sp³-hybridized carbons (Fsp3) is 0.600. The summed E-state index contributed by atoms with van der Waals surface area (Å²) < 4.78 is 0. The third-order valence-corrected chi connectivity index (χ3v) is 7.31. The van der Waals surface area contributed by atoms with Crippen LogP contribution in [-0.4, -0.2) is 40.0 Å². The first-order chi connectivity index (χ1) is 13.9. The van der Waals surface area contributed by atoms with Crippen LogP contribution < -0.4 is 21.3 Å². The molecule has 2 heterocycles. The number of hydrogen-bond donors (Lipinski definition) is 4. The lowest BCUT2D eigenvalue weighted by Crippen LogP contribution is -2.57. The maximum absolute atomic E-state index is 12.7. The molecule has 29 heavy (non-hydrogen) atoms. The standard InChI is InChI=1S/C20H26Cl3N5O/c1-10-7-17(24-9-14(10)23)27-19(29)11-5-6-15-16(8-11)26-20(25-15)28-18-12(21)3-2-4-13(18)22/h7-9,11-13,15,18,20,25-26,28H,2-6H2,1H3,(H,24,27,29). The monoisotopic (exact) mass is 457 g/mol. The van der Waals surface area contributed by atoms with Gasteiger partial charge in [-0.1, -0.05) is 24.1 Å². The summed E-state index contributed by atoms with van der Waals surface area (Å²) in [5, 5.41) is 14.0. The van der Waals surface area contributed by atoms with E-state index in [2.05, 4.69) is 26.3 Å². The van der Waals surface area contributed by atoms with Crippen molar-refractivity contribution in [2.75, 3.05) is 5.32 Å². The summed E-state index contributed by atoms with van der Waals surface area (Å²) in [5.74, 6) is 0.258. The van der Waals surface area contributed by atoms with Gasteiger partial charge in [0.05, 0.1) is 21.7 Å². The number of fused-ring (bicyclic) bond motifs is 1. The second-order valence-electron chi connectivity index (χ2n) is 8.07. The van der Waals surface area contributed by atoms with Gasteiger partial charge in [0.1, 0.15) is 12.1 Å². The number of carbonyl (C=O) groups excluding carboxylic acids is 1. The van der Waals surface area contributed by atoms with E-state index in [1.54, 1.807) is 12.3 Å². The van der Waals surface area contributed by atoms with Crippen molar-refractivity contribution >= 4 is 46.5 Å². The highest BCUT2D eigenvalue weighted by molar-refractivity contribution is 6.31. The van der Waals surface area contributed by atoms with Gasteiger partial charge in [0.2, 0.25) is 5.91 Å². The molecule has 0 aromatic carbocycles. The number of aryl methyl sites for hydroxylation is 1. The van der Waals surface area contributed by atoms with Crippen molar-refractivity contribution in [2.24, 2.45) is 5.92 Å². The van der Waals surface area contributed by atoms with Crippen LogP contribution in [0.25, 0.3) is 0 Å². The Morgan fingerprint density at radius 1 is 1.21 bits per heavy atom. The minimum absolute atomic E-state index is 0.0281. The van der Waals surface area contributed by atoms with Gasteiger partial charge in [-0.3, -0.25) is 15.4 Å². The fourth-order valence-corrected chi connectivity index (χ4v) is 5.25. The molecule has 5 unspecified atom stereocenters. The van der Waals surface area contributed by atoms with Gasteiger partial charge in [0.25, 0.3) is 0 Å². The van der Waals surface area contributed by atoms with E-state index in [0.29, 0.717) is 10.8 Å². The molecule has 6 nitrogen and oxygen atoms in total. The first kappa shape index (κ1) is 21.2. The Morgan fingerprint density at radius 3 is 2.69 bits per heavy atom. The molecule has 9 heteroatoms. The van der Waals surface area contributed by atoms with E-state index >= 15 is 0 Å². The Hall–Kier alpha value is -1.05. The molecule has 1 amide bonds. The summed E-state index contributed by atoms with van der Waals surface area (Å²) in [7, 11) is 0. The molecular formula is C20H26Cl3N5O. The molecule has 1 saturated heterocycles. The number of anilines is 1. The molecule has 1 aliphatic heterocycles. The first-order valence-electron chi connectivity index (χ1n) is 10.1. The number of hydrogen-bond acceptors (Lipinski definition) is 5. The molecule has 0 spiro atoms.